The maximum atomic E-state index is 13.4. The smallest absolute Gasteiger partial charge is 0.274 e. The third kappa shape index (κ3) is 4.25. The Morgan fingerprint density at radius 1 is 1.03 bits per heavy atom. The predicted molar refractivity (Wildman–Crippen MR) is 125 cm³/mol. The van der Waals surface area contributed by atoms with E-state index in [1.165, 1.54) is 17.4 Å². The van der Waals surface area contributed by atoms with Gasteiger partial charge in [-0.2, -0.15) is 5.01 Å². The molecule has 10 heteroatoms. The first-order chi connectivity index (χ1) is 14.8. The van der Waals surface area contributed by atoms with Gasteiger partial charge in [-0.05, 0) is 36.4 Å². The SMILES string of the molecule is O=C(CN(C(=O)c1ccccc1Cl)N1C(=O)[C@H]2C[C@H](Br)[C@@H](Br)C[C@H]2C1=O)c1cccs1. The lowest BCUT2D eigenvalue weighted by Gasteiger charge is -2.30. The van der Waals surface area contributed by atoms with E-state index < -0.39 is 36.1 Å². The molecule has 1 aromatic carbocycles. The van der Waals surface area contributed by atoms with Crippen molar-refractivity contribution in [3.05, 3.63) is 57.2 Å². The van der Waals surface area contributed by atoms with Crippen molar-refractivity contribution in [2.24, 2.45) is 11.8 Å². The summed E-state index contributed by atoms with van der Waals surface area (Å²) in [5.74, 6) is -3.02. The van der Waals surface area contributed by atoms with Crippen LogP contribution in [0.4, 0.5) is 0 Å². The van der Waals surface area contributed by atoms with E-state index in [2.05, 4.69) is 31.9 Å². The molecule has 1 saturated heterocycles. The molecule has 1 saturated carbocycles. The topological polar surface area (TPSA) is 74.8 Å². The van der Waals surface area contributed by atoms with Gasteiger partial charge in [0.2, 0.25) is 0 Å². The number of rotatable bonds is 5. The summed E-state index contributed by atoms with van der Waals surface area (Å²) in [5, 5.41) is 3.76. The van der Waals surface area contributed by atoms with Crippen LogP contribution in [0.1, 0.15) is 32.9 Å². The molecule has 0 bridgehead atoms. The third-order valence-corrected chi connectivity index (χ3v) is 9.53. The number of benzene rings is 1. The summed E-state index contributed by atoms with van der Waals surface area (Å²) in [5.41, 5.74) is 0.121. The second-order valence-electron chi connectivity index (χ2n) is 7.45. The van der Waals surface area contributed by atoms with Gasteiger partial charge in [0, 0.05) is 9.65 Å². The Labute approximate surface area is 204 Å². The molecule has 2 aromatic rings. The number of thiophene rings is 1. The fourth-order valence-electron chi connectivity index (χ4n) is 3.97. The lowest BCUT2D eigenvalue weighted by molar-refractivity contribution is -0.154. The number of fused-ring (bicyclic) bond motifs is 1. The number of carbonyl (C=O) groups is 4. The lowest BCUT2D eigenvalue weighted by atomic mass is 9.81. The minimum absolute atomic E-state index is 0.0333. The number of hydrazine groups is 1. The number of imide groups is 1. The van der Waals surface area contributed by atoms with Crippen LogP contribution in [-0.2, 0) is 9.59 Å². The number of amides is 3. The number of hydrogen-bond donors (Lipinski definition) is 0. The van der Waals surface area contributed by atoms with Crippen molar-refractivity contribution in [2.75, 3.05) is 6.54 Å². The molecular formula is C21H17Br2ClN2O4S. The molecule has 162 valence electrons. The van der Waals surface area contributed by atoms with Crippen LogP contribution in [0.3, 0.4) is 0 Å². The molecule has 0 spiro atoms. The van der Waals surface area contributed by atoms with Crippen LogP contribution in [0.2, 0.25) is 5.02 Å². The van der Waals surface area contributed by atoms with Crippen molar-refractivity contribution in [1.82, 2.24) is 10.0 Å². The predicted octanol–water partition coefficient (Wildman–Crippen LogP) is 4.56. The average Bonchev–Trinajstić information content (AvgIpc) is 3.36. The van der Waals surface area contributed by atoms with Gasteiger partial charge in [-0.25, -0.2) is 5.01 Å². The minimum Gasteiger partial charge on any atom is -0.291 e. The molecule has 4 atom stereocenters. The molecule has 6 nitrogen and oxygen atoms in total. The quantitative estimate of drug-likeness (QED) is 0.292. The standard InChI is InChI=1S/C21H17Br2ClN2O4S/c22-14-8-12-13(9-15(14)23)21(30)26(20(12)29)25(10-17(27)18-6-3-7-31-18)19(28)11-4-1-2-5-16(11)24/h1-7,12-15H,8-10H2/t12-,13+,14-,15-/m0/s1. The molecule has 31 heavy (non-hydrogen) atoms. The summed E-state index contributed by atoms with van der Waals surface area (Å²) in [6.45, 7) is -0.434. The number of ketones is 1. The Morgan fingerprint density at radius 3 is 2.19 bits per heavy atom. The summed E-state index contributed by atoms with van der Waals surface area (Å²) in [6, 6.07) is 9.74. The maximum Gasteiger partial charge on any atom is 0.274 e. The van der Waals surface area contributed by atoms with Crippen molar-refractivity contribution in [1.29, 1.82) is 0 Å². The van der Waals surface area contributed by atoms with Crippen LogP contribution in [0.15, 0.2) is 41.8 Å². The highest BCUT2D eigenvalue weighted by atomic mass is 79.9. The van der Waals surface area contributed by atoms with Gasteiger partial charge in [0.25, 0.3) is 17.7 Å². The summed E-state index contributed by atoms with van der Waals surface area (Å²) in [7, 11) is 0. The number of alkyl halides is 2. The highest BCUT2D eigenvalue weighted by Crippen LogP contribution is 2.43. The molecular weight excluding hydrogens is 572 g/mol. The third-order valence-electron chi connectivity index (χ3n) is 5.56. The van der Waals surface area contributed by atoms with E-state index in [9.17, 15) is 19.2 Å². The first-order valence-electron chi connectivity index (χ1n) is 9.58. The van der Waals surface area contributed by atoms with Crippen molar-refractivity contribution in [2.45, 2.75) is 22.5 Å². The molecule has 1 aromatic heterocycles. The van der Waals surface area contributed by atoms with E-state index in [0.29, 0.717) is 17.7 Å². The van der Waals surface area contributed by atoms with E-state index >= 15 is 0 Å². The lowest BCUT2D eigenvalue weighted by Crippen LogP contribution is -2.52. The van der Waals surface area contributed by atoms with Crippen LogP contribution in [0.5, 0.6) is 0 Å². The number of halogens is 3. The molecule has 0 unspecified atom stereocenters. The van der Waals surface area contributed by atoms with Crippen molar-refractivity contribution in [3.8, 4) is 0 Å². The highest BCUT2D eigenvalue weighted by Gasteiger charge is 2.54. The van der Waals surface area contributed by atoms with Gasteiger partial charge < -0.3 is 0 Å². The second-order valence-corrected chi connectivity index (χ2v) is 11.2. The summed E-state index contributed by atoms with van der Waals surface area (Å²) < 4.78 is 0. The van der Waals surface area contributed by atoms with E-state index in [-0.39, 0.29) is 26.0 Å². The first kappa shape index (κ1) is 22.6. The summed E-state index contributed by atoms with van der Waals surface area (Å²) in [4.78, 5) is 53.3. The van der Waals surface area contributed by atoms with Crippen molar-refractivity contribution < 1.29 is 19.2 Å². The zero-order valence-corrected chi connectivity index (χ0v) is 20.8. The summed E-state index contributed by atoms with van der Waals surface area (Å²) in [6.07, 6.45) is 0.934. The monoisotopic (exact) mass is 586 g/mol. The van der Waals surface area contributed by atoms with E-state index in [1.807, 2.05) is 0 Å². The van der Waals surface area contributed by atoms with Crippen LogP contribution < -0.4 is 0 Å². The van der Waals surface area contributed by atoms with E-state index in [1.54, 1.807) is 35.7 Å². The van der Waals surface area contributed by atoms with Gasteiger partial charge in [-0.1, -0.05) is 61.7 Å². The largest absolute Gasteiger partial charge is 0.291 e. The van der Waals surface area contributed by atoms with Gasteiger partial charge in [0.15, 0.2) is 5.78 Å². The first-order valence-corrected chi connectivity index (χ1v) is 12.7. The van der Waals surface area contributed by atoms with Gasteiger partial charge >= 0.3 is 0 Å². The van der Waals surface area contributed by atoms with Gasteiger partial charge in [0.05, 0.1) is 27.3 Å². The van der Waals surface area contributed by atoms with Gasteiger partial charge in [-0.3, -0.25) is 19.2 Å². The normalized spacial score (nSPS) is 25.5. The maximum absolute atomic E-state index is 13.4. The van der Waals surface area contributed by atoms with Gasteiger partial charge in [-0.15, -0.1) is 11.3 Å². The fraction of sp³-hybridized carbons (Fsp3) is 0.333. The molecule has 1 aliphatic carbocycles. The van der Waals surface area contributed by atoms with Crippen molar-refractivity contribution in [3.63, 3.8) is 0 Å². The molecule has 0 N–H and O–H groups in total. The number of Topliss-reactive ketones (excluding diaryl/α,β-unsaturated/α-hetero) is 1. The molecule has 1 aliphatic heterocycles. The van der Waals surface area contributed by atoms with Crippen LogP contribution in [0, 0.1) is 11.8 Å². The number of carbonyl (C=O) groups excluding carboxylic acids is 4. The van der Waals surface area contributed by atoms with Crippen LogP contribution in [0.25, 0.3) is 0 Å². The molecule has 4 rings (SSSR count). The average molecular weight is 589 g/mol. The Hall–Kier alpha value is -1.55. The van der Waals surface area contributed by atoms with Crippen LogP contribution in [-0.4, -0.2) is 49.7 Å². The van der Waals surface area contributed by atoms with Crippen molar-refractivity contribution >= 4 is 78.3 Å². The Balaban J connectivity index is 1.71. The highest BCUT2D eigenvalue weighted by molar-refractivity contribution is 9.12. The van der Waals surface area contributed by atoms with E-state index in [4.69, 9.17) is 11.6 Å². The molecule has 2 heterocycles. The summed E-state index contributed by atoms with van der Waals surface area (Å²) >= 11 is 14.6. The second kappa shape index (κ2) is 9.13. The zero-order valence-electron chi connectivity index (χ0n) is 16.0. The molecule has 0 radical (unpaired) electrons. The van der Waals surface area contributed by atoms with Crippen LogP contribution >= 0.6 is 54.8 Å². The fourth-order valence-corrected chi connectivity index (χ4v) is 6.08. The van der Waals surface area contributed by atoms with E-state index in [0.717, 1.165) is 10.0 Å². The molecule has 3 amide bonds. The zero-order chi connectivity index (χ0) is 22.3. The minimum atomic E-state index is -0.665. The number of hydrogen-bond acceptors (Lipinski definition) is 5. The molecule has 2 fully saturated rings. The number of nitrogens with zero attached hydrogens (tertiary/aromatic N) is 2. The van der Waals surface area contributed by atoms with Gasteiger partial charge in [0.1, 0.15) is 6.54 Å². The Morgan fingerprint density at radius 2 is 1.65 bits per heavy atom. The Kier molecular flexibility index (Phi) is 6.67. The molecule has 2 aliphatic rings. The Bertz CT molecular complexity index is 1020.